The topological polar surface area (TPSA) is 64.9 Å². The molecule has 0 fully saturated rings. The van der Waals surface area contributed by atoms with E-state index in [1.54, 1.807) is 30.3 Å². The van der Waals surface area contributed by atoms with Gasteiger partial charge in [0.2, 0.25) is 5.82 Å². The van der Waals surface area contributed by atoms with Gasteiger partial charge in [0.05, 0.1) is 5.56 Å². The van der Waals surface area contributed by atoms with Crippen molar-refractivity contribution >= 4 is 17.3 Å². The van der Waals surface area contributed by atoms with Crippen molar-refractivity contribution in [3.05, 3.63) is 53.3 Å². The van der Waals surface area contributed by atoms with Crippen LogP contribution < -0.4 is 5.73 Å². The van der Waals surface area contributed by atoms with Crippen molar-refractivity contribution in [2.45, 2.75) is 0 Å². The summed E-state index contributed by atoms with van der Waals surface area (Å²) < 4.78 is 18.9. The van der Waals surface area contributed by atoms with Crippen molar-refractivity contribution in [3.63, 3.8) is 0 Å². The van der Waals surface area contributed by atoms with Crippen LogP contribution in [-0.2, 0) is 0 Å². The Balaban J connectivity index is 1.99. The summed E-state index contributed by atoms with van der Waals surface area (Å²) in [6.07, 6.45) is 0. The van der Waals surface area contributed by atoms with Crippen molar-refractivity contribution in [1.82, 2.24) is 10.1 Å². The first kappa shape index (κ1) is 12.6. The Kier molecular flexibility index (Phi) is 3.12. The minimum absolute atomic E-state index is 0.104. The van der Waals surface area contributed by atoms with Gasteiger partial charge in [0.25, 0.3) is 5.89 Å². The SMILES string of the molecule is Nc1ccc(-c2nc(-c3ccc(Cl)cc3)no2)c(F)c1. The number of nitrogen functional groups attached to an aromatic ring is 1. The summed E-state index contributed by atoms with van der Waals surface area (Å²) in [6, 6.07) is 11.2. The molecule has 2 N–H and O–H groups in total. The van der Waals surface area contributed by atoms with Gasteiger partial charge in [0.15, 0.2) is 0 Å². The van der Waals surface area contributed by atoms with Crippen molar-refractivity contribution in [2.24, 2.45) is 0 Å². The molecule has 0 aliphatic heterocycles. The lowest BCUT2D eigenvalue weighted by molar-refractivity contribution is 0.429. The maximum Gasteiger partial charge on any atom is 0.261 e. The Bertz CT molecular complexity index is 755. The summed E-state index contributed by atoms with van der Waals surface area (Å²) in [5, 5.41) is 4.44. The van der Waals surface area contributed by atoms with Crippen LogP contribution >= 0.6 is 11.6 Å². The smallest absolute Gasteiger partial charge is 0.261 e. The highest BCUT2D eigenvalue weighted by molar-refractivity contribution is 6.30. The summed E-state index contributed by atoms with van der Waals surface area (Å²) in [5.74, 6) is -0.0309. The van der Waals surface area contributed by atoms with Crippen LogP contribution in [0.5, 0.6) is 0 Å². The van der Waals surface area contributed by atoms with Crippen LogP contribution in [0, 0.1) is 5.82 Å². The average molecular weight is 290 g/mol. The second-order valence-electron chi connectivity index (χ2n) is 4.17. The van der Waals surface area contributed by atoms with Gasteiger partial charge in [-0.25, -0.2) is 4.39 Å². The number of halogens is 2. The third-order valence-electron chi connectivity index (χ3n) is 2.75. The number of anilines is 1. The Morgan fingerprint density at radius 3 is 2.55 bits per heavy atom. The lowest BCUT2D eigenvalue weighted by Gasteiger charge is -1.98. The molecule has 0 amide bonds. The molecular weight excluding hydrogens is 281 g/mol. The minimum Gasteiger partial charge on any atom is -0.399 e. The lowest BCUT2D eigenvalue weighted by Crippen LogP contribution is -1.89. The summed E-state index contributed by atoms with van der Waals surface area (Å²) >= 11 is 5.81. The highest BCUT2D eigenvalue weighted by Gasteiger charge is 2.14. The van der Waals surface area contributed by atoms with E-state index in [2.05, 4.69) is 10.1 Å². The van der Waals surface area contributed by atoms with E-state index in [0.29, 0.717) is 16.5 Å². The fourth-order valence-corrected chi connectivity index (χ4v) is 1.88. The summed E-state index contributed by atoms with van der Waals surface area (Å²) in [6.45, 7) is 0. The maximum absolute atomic E-state index is 13.8. The third-order valence-corrected chi connectivity index (χ3v) is 3.00. The molecule has 0 spiro atoms. The van der Waals surface area contributed by atoms with Gasteiger partial charge in [-0.15, -0.1) is 0 Å². The van der Waals surface area contributed by atoms with Crippen LogP contribution in [0.2, 0.25) is 5.02 Å². The van der Waals surface area contributed by atoms with E-state index < -0.39 is 5.82 Å². The largest absolute Gasteiger partial charge is 0.399 e. The first-order valence-electron chi connectivity index (χ1n) is 5.78. The van der Waals surface area contributed by atoms with Gasteiger partial charge in [-0.2, -0.15) is 4.98 Å². The van der Waals surface area contributed by atoms with Gasteiger partial charge in [-0.1, -0.05) is 16.8 Å². The molecule has 0 aliphatic rings. The molecule has 3 aromatic rings. The van der Waals surface area contributed by atoms with Crippen LogP contribution in [0.15, 0.2) is 47.0 Å². The zero-order chi connectivity index (χ0) is 14.1. The van der Waals surface area contributed by atoms with Gasteiger partial charge in [-0.05, 0) is 42.5 Å². The number of nitrogens with two attached hydrogens (primary N) is 1. The van der Waals surface area contributed by atoms with E-state index in [-0.39, 0.29) is 11.5 Å². The van der Waals surface area contributed by atoms with E-state index in [1.165, 1.54) is 12.1 Å². The van der Waals surface area contributed by atoms with Crippen LogP contribution in [0.25, 0.3) is 22.8 Å². The third kappa shape index (κ3) is 2.35. The quantitative estimate of drug-likeness (QED) is 0.729. The normalized spacial score (nSPS) is 10.7. The molecule has 0 unspecified atom stereocenters. The van der Waals surface area contributed by atoms with Crippen molar-refractivity contribution in [1.29, 1.82) is 0 Å². The Hall–Kier alpha value is -2.40. The molecule has 0 saturated carbocycles. The number of hydrogen-bond acceptors (Lipinski definition) is 4. The van der Waals surface area contributed by atoms with E-state index in [0.717, 1.165) is 5.56 Å². The molecule has 0 saturated heterocycles. The second-order valence-corrected chi connectivity index (χ2v) is 4.61. The zero-order valence-corrected chi connectivity index (χ0v) is 10.9. The predicted molar refractivity (Wildman–Crippen MR) is 74.6 cm³/mol. The Labute approximate surface area is 119 Å². The molecule has 0 bridgehead atoms. The zero-order valence-electron chi connectivity index (χ0n) is 10.2. The molecule has 20 heavy (non-hydrogen) atoms. The van der Waals surface area contributed by atoms with Gasteiger partial charge in [0, 0.05) is 16.3 Å². The number of benzene rings is 2. The fraction of sp³-hybridized carbons (Fsp3) is 0. The minimum atomic E-state index is -0.503. The standard InChI is InChI=1S/C14H9ClFN3O/c15-9-3-1-8(2-4-9)13-18-14(20-19-13)11-6-5-10(17)7-12(11)16/h1-7H,17H2. The molecule has 2 aromatic carbocycles. The van der Waals surface area contributed by atoms with Crippen molar-refractivity contribution < 1.29 is 8.91 Å². The van der Waals surface area contributed by atoms with Crippen LogP contribution in [0.3, 0.4) is 0 Å². The molecule has 4 nitrogen and oxygen atoms in total. The van der Waals surface area contributed by atoms with E-state index in [9.17, 15) is 4.39 Å². The lowest BCUT2D eigenvalue weighted by atomic mass is 10.2. The summed E-state index contributed by atoms with van der Waals surface area (Å²) in [7, 11) is 0. The van der Waals surface area contributed by atoms with Gasteiger partial charge >= 0.3 is 0 Å². The van der Waals surface area contributed by atoms with Crippen molar-refractivity contribution in [2.75, 3.05) is 5.73 Å². The first-order chi connectivity index (χ1) is 9.63. The number of aromatic nitrogens is 2. The predicted octanol–water partition coefficient (Wildman–Crippen LogP) is 3.78. The number of nitrogens with zero attached hydrogens (tertiary/aromatic N) is 2. The highest BCUT2D eigenvalue weighted by atomic mass is 35.5. The van der Waals surface area contributed by atoms with Crippen LogP contribution in [0.4, 0.5) is 10.1 Å². The van der Waals surface area contributed by atoms with E-state index >= 15 is 0 Å². The van der Waals surface area contributed by atoms with Gasteiger partial charge in [0.1, 0.15) is 5.82 Å². The molecule has 0 radical (unpaired) electrons. The highest BCUT2D eigenvalue weighted by Crippen LogP contribution is 2.26. The molecule has 0 atom stereocenters. The first-order valence-corrected chi connectivity index (χ1v) is 6.16. The molecule has 1 heterocycles. The average Bonchev–Trinajstić information content (AvgIpc) is 2.89. The van der Waals surface area contributed by atoms with E-state index in [4.69, 9.17) is 21.9 Å². The Morgan fingerprint density at radius 2 is 1.85 bits per heavy atom. The fourth-order valence-electron chi connectivity index (χ4n) is 1.75. The molecule has 6 heteroatoms. The van der Waals surface area contributed by atoms with Crippen LogP contribution in [-0.4, -0.2) is 10.1 Å². The molecular formula is C14H9ClFN3O. The van der Waals surface area contributed by atoms with Gasteiger partial charge in [-0.3, -0.25) is 0 Å². The number of hydrogen-bond donors (Lipinski definition) is 1. The molecule has 1 aromatic heterocycles. The summed E-state index contributed by atoms with van der Waals surface area (Å²) in [5.41, 5.74) is 6.78. The Morgan fingerprint density at radius 1 is 1.10 bits per heavy atom. The van der Waals surface area contributed by atoms with Crippen molar-refractivity contribution in [3.8, 4) is 22.8 Å². The summed E-state index contributed by atoms with van der Waals surface area (Å²) in [4.78, 5) is 4.17. The van der Waals surface area contributed by atoms with E-state index in [1.807, 2.05) is 0 Å². The number of rotatable bonds is 2. The second kappa shape index (κ2) is 4.94. The van der Waals surface area contributed by atoms with Gasteiger partial charge < -0.3 is 10.3 Å². The van der Waals surface area contributed by atoms with Crippen LogP contribution in [0.1, 0.15) is 0 Å². The molecule has 100 valence electrons. The molecule has 0 aliphatic carbocycles. The maximum atomic E-state index is 13.8. The monoisotopic (exact) mass is 289 g/mol. The molecule has 3 rings (SSSR count).